The fourth-order valence-corrected chi connectivity index (χ4v) is 2.39. The maximum Gasteiger partial charge on any atom is 0.416 e. The highest BCUT2D eigenvalue weighted by Gasteiger charge is 2.30. The van der Waals surface area contributed by atoms with Crippen molar-refractivity contribution in [2.24, 2.45) is 0 Å². The first-order chi connectivity index (χ1) is 12.6. The van der Waals surface area contributed by atoms with Gasteiger partial charge in [0.05, 0.1) is 18.4 Å². The van der Waals surface area contributed by atoms with Gasteiger partial charge < -0.3 is 15.0 Å². The fraction of sp³-hybridized carbons (Fsp3) is 0.222. The van der Waals surface area contributed by atoms with Crippen LogP contribution in [0.2, 0.25) is 0 Å². The summed E-state index contributed by atoms with van der Waals surface area (Å²) in [5, 5.41) is 4.31. The number of rotatable bonds is 4. The minimum Gasteiger partial charge on any atom is -0.496 e. The van der Waals surface area contributed by atoms with Gasteiger partial charge in [-0.3, -0.25) is 10.1 Å². The van der Waals surface area contributed by atoms with E-state index in [2.05, 4.69) is 10.6 Å². The molecule has 0 aromatic heterocycles. The van der Waals surface area contributed by atoms with Gasteiger partial charge in [0.1, 0.15) is 11.3 Å². The van der Waals surface area contributed by atoms with Gasteiger partial charge in [-0.1, -0.05) is 12.1 Å². The normalized spacial score (nSPS) is 10.9. The second-order valence-electron chi connectivity index (χ2n) is 5.74. The van der Waals surface area contributed by atoms with Crippen molar-refractivity contribution in [2.45, 2.75) is 6.18 Å². The van der Waals surface area contributed by atoms with Crippen LogP contribution in [0.3, 0.4) is 0 Å². The number of nitrogens with zero attached hydrogens (tertiary/aromatic N) is 1. The Morgan fingerprint density at radius 3 is 2.33 bits per heavy atom. The van der Waals surface area contributed by atoms with Gasteiger partial charge in [-0.15, -0.1) is 0 Å². The third-order valence-corrected chi connectivity index (χ3v) is 3.61. The van der Waals surface area contributed by atoms with Crippen molar-refractivity contribution in [2.75, 3.05) is 31.4 Å². The lowest BCUT2D eigenvalue weighted by molar-refractivity contribution is -0.137. The van der Waals surface area contributed by atoms with Crippen LogP contribution in [0.15, 0.2) is 42.5 Å². The summed E-state index contributed by atoms with van der Waals surface area (Å²) in [6, 6.07) is 8.06. The lowest BCUT2D eigenvalue weighted by atomic mass is 10.1. The lowest BCUT2D eigenvalue weighted by Crippen LogP contribution is -2.35. The number of halogens is 3. The number of nitrogens with one attached hydrogen (secondary N) is 2. The Kier molecular flexibility index (Phi) is 5.94. The number of ether oxygens (including phenoxy) is 1. The van der Waals surface area contributed by atoms with E-state index in [0.717, 1.165) is 18.2 Å². The predicted octanol–water partition coefficient (Wildman–Crippen LogP) is 3.74. The molecule has 0 radical (unpaired) electrons. The fourth-order valence-electron chi connectivity index (χ4n) is 2.39. The van der Waals surface area contributed by atoms with Crippen LogP contribution in [0, 0.1) is 0 Å². The number of carbonyl (C=O) groups is 2. The number of urea groups is 1. The molecule has 3 amide bonds. The summed E-state index contributed by atoms with van der Waals surface area (Å²) in [6.45, 7) is 0. The van der Waals surface area contributed by atoms with E-state index in [0.29, 0.717) is 5.69 Å². The standard InChI is InChI=1S/C18H18F3N3O3/c1-24(2)13-8-5-9-14(27-3)15(13)16(25)23-17(26)22-12-7-4-6-11(10-12)18(19,20)21/h4-10H,1-3H3,(H2,22,23,25,26). The summed E-state index contributed by atoms with van der Waals surface area (Å²) < 4.78 is 43.4. The zero-order valence-corrected chi connectivity index (χ0v) is 14.8. The van der Waals surface area contributed by atoms with E-state index in [1.165, 1.54) is 13.2 Å². The van der Waals surface area contributed by atoms with Crippen LogP contribution < -0.4 is 20.3 Å². The highest BCUT2D eigenvalue weighted by Crippen LogP contribution is 2.31. The zero-order chi connectivity index (χ0) is 20.2. The highest BCUT2D eigenvalue weighted by molar-refractivity contribution is 6.11. The van der Waals surface area contributed by atoms with Gasteiger partial charge in [0.2, 0.25) is 0 Å². The molecular weight excluding hydrogens is 363 g/mol. The van der Waals surface area contributed by atoms with Crippen LogP contribution >= 0.6 is 0 Å². The third kappa shape index (κ3) is 4.90. The van der Waals surface area contributed by atoms with Crippen LogP contribution in [0.5, 0.6) is 5.75 Å². The first kappa shape index (κ1) is 20.1. The molecule has 0 aliphatic carbocycles. The minimum absolute atomic E-state index is 0.0945. The van der Waals surface area contributed by atoms with Gasteiger partial charge in [0.15, 0.2) is 0 Å². The smallest absolute Gasteiger partial charge is 0.416 e. The third-order valence-electron chi connectivity index (χ3n) is 3.61. The molecule has 0 aliphatic rings. The number of anilines is 2. The molecule has 2 aromatic carbocycles. The van der Waals surface area contributed by atoms with E-state index in [4.69, 9.17) is 4.74 Å². The van der Waals surface area contributed by atoms with Crippen LogP contribution in [-0.2, 0) is 6.18 Å². The molecule has 2 N–H and O–H groups in total. The summed E-state index contributed by atoms with van der Waals surface area (Å²) in [6.07, 6.45) is -4.54. The van der Waals surface area contributed by atoms with Gasteiger partial charge in [-0.25, -0.2) is 4.79 Å². The Hall–Kier alpha value is -3.23. The molecule has 9 heteroatoms. The average molecular weight is 381 g/mol. The van der Waals surface area contributed by atoms with Gasteiger partial charge in [-0.2, -0.15) is 13.2 Å². The largest absolute Gasteiger partial charge is 0.496 e. The van der Waals surface area contributed by atoms with E-state index in [1.54, 1.807) is 37.2 Å². The molecule has 0 unspecified atom stereocenters. The molecular formula is C18H18F3N3O3. The predicted molar refractivity (Wildman–Crippen MR) is 95.2 cm³/mol. The van der Waals surface area contributed by atoms with Gasteiger partial charge in [0, 0.05) is 19.8 Å². The number of hydrogen-bond donors (Lipinski definition) is 2. The molecule has 0 saturated heterocycles. The number of benzene rings is 2. The summed E-state index contributed by atoms with van der Waals surface area (Å²) in [4.78, 5) is 26.2. The molecule has 0 fully saturated rings. The molecule has 2 rings (SSSR count). The van der Waals surface area contributed by atoms with Crippen molar-refractivity contribution in [1.29, 1.82) is 0 Å². The highest BCUT2D eigenvalue weighted by atomic mass is 19.4. The zero-order valence-electron chi connectivity index (χ0n) is 14.8. The molecule has 0 atom stereocenters. The first-order valence-corrected chi connectivity index (χ1v) is 7.77. The number of methoxy groups -OCH3 is 1. The maximum absolute atomic E-state index is 12.7. The monoisotopic (exact) mass is 381 g/mol. The van der Waals surface area contributed by atoms with Gasteiger partial charge in [0.25, 0.3) is 5.91 Å². The molecule has 144 valence electrons. The van der Waals surface area contributed by atoms with Crippen molar-refractivity contribution in [1.82, 2.24) is 5.32 Å². The lowest BCUT2D eigenvalue weighted by Gasteiger charge is -2.19. The summed E-state index contributed by atoms with van der Waals surface area (Å²) >= 11 is 0. The topological polar surface area (TPSA) is 70.7 Å². The first-order valence-electron chi connectivity index (χ1n) is 7.77. The van der Waals surface area contributed by atoms with Gasteiger partial charge in [-0.05, 0) is 30.3 Å². The second kappa shape index (κ2) is 7.98. The number of alkyl halides is 3. The molecule has 27 heavy (non-hydrogen) atoms. The Bertz CT molecular complexity index is 851. The Labute approximate surface area is 153 Å². The van der Waals surface area contributed by atoms with Gasteiger partial charge >= 0.3 is 12.2 Å². The minimum atomic E-state index is -4.54. The van der Waals surface area contributed by atoms with E-state index in [1.807, 2.05) is 0 Å². The average Bonchev–Trinajstić information content (AvgIpc) is 2.60. The molecule has 0 spiro atoms. The van der Waals surface area contributed by atoms with Crippen LogP contribution in [0.1, 0.15) is 15.9 Å². The van der Waals surface area contributed by atoms with Crippen molar-refractivity contribution in [3.63, 3.8) is 0 Å². The molecule has 0 bridgehead atoms. The maximum atomic E-state index is 12.7. The number of imide groups is 1. The number of amides is 3. The van der Waals surface area contributed by atoms with Crippen molar-refractivity contribution in [3.8, 4) is 5.75 Å². The van der Waals surface area contributed by atoms with Crippen molar-refractivity contribution in [3.05, 3.63) is 53.6 Å². The number of carbonyl (C=O) groups excluding carboxylic acids is 2. The van der Waals surface area contributed by atoms with Crippen LogP contribution in [0.25, 0.3) is 0 Å². The van der Waals surface area contributed by atoms with Crippen molar-refractivity contribution < 1.29 is 27.5 Å². The van der Waals surface area contributed by atoms with E-state index in [9.17, 15) is 22.8 Å². The quantitative estimate of drug-likeness (QED) is 0.847. The molecule has 2 aromatic rings. The van der Waals surface area contributed by atoms with Crippen molar-refractivity contribution >= 4 is 23.3 Å². The summed E-state index contributed by atoms with van der Waals surface area (Å²) in [7, 11) is 4.82. The number of hydrogen-bond acceptors (Lipinski definition) is 4. The summed E-state index contributed by atoms with van der Waals surface area (Å²) in [5.74, 6) is -0.494. The SMILES string of the molecule is COc1cccc(N(C)C)c1C(=O)NC(=O)Nc1cccc(C(F)(F)F)c1. The van der Waals surface area contributed by atoms with Crippen LogP contribution in [-0.4, -0.2) is 33.1 Å². The van der Waals surface area contributed by atoms with E-state index >= 15 is 0 Å². The van der Waals surface area contributed by atoms with E-state index in [-0.39, 0.29) is 17.0 Å². The Morgan fingerprint density at radius 2 is 1.74 bits per heavy atom. The molecule has 0 saturated carbocycles. The Morgan fingerprint density at radius 1 is 1.07 bits per heavy atom. The Balaban J connectivity index is 2.19. The summed E-state index contributed by atoms with van der Waals surface area (Å²) in [5.41, 5.74) is -0.364. The van der Waals surface area contributed by atoms with Crippen LogP contribution in [0.4, 0.5) is 29.3 Å². The molecule has 6 nitrogen and oxygen atoms in total. The molecule has 0 aliphatic heterocycles. The second-order valence-corrected chi connectivity index (χ2v) is 5.74. The van der Waals surface area contributed by atoms with E-state index < -0.39 is 23.7 Å². The molecule has 0 heterocycles.